The number of nitrogens with one attached hydrogen (secondary N) is 2. The van der Waals surface area contributed by atoms with Crippen LogP contribution in [-0.2, 0) is 0 Å². The van der Waals surface area contributed by atoms with E-state index in [1.165, 1.54) is 12.8 Å². The zero-order valence-electron chi connectivity index (χ0n) is 14.1. The van der Waals surface area contributed by atoms with E-state index in [1.807, 2.05) is 26.0 Å². The van der Waals surface area contributed by atoms with Crippen LogP contribution < -0.4 is 5.32 Å². The van der Waals surface area contributed by atoms with Crippen molar-refractivity contribution in [3.63, 3.8) is 0 Å². The Balaban J connectivity index is 1.59. The Kier molecular flexibility index (Phi) is 4.94. The molecule has 1 saturated carbocycles. The van der Waals surface area contributed by atoms with E-state index in [-0.39, 0.29) is 18.4 Å². The predicted molar refractivity (Wildman–Crippen MR) is 91.6 cm³/mol. The lowest BCUT2D eigenvalue weighted by Crippen LogP contribution is -2.35. The van der Waals surface area contributed by atoms with Gasteiger partial charge in [0.1, 0.15) is 5.82 Å². The van der Waals surface area contributed by atoms with Crippen LogP contribution in [0.1, 0.15) is 55.2 Å². The van der Waals surface area contributed by atoms with E-state index >= 15 is 0 Å². The van der Waals surface area contributed by atoms with Crippen LogP contribution in [0, 0.1) is 5.92 Å². The molecule has 0 bridgehead atoms. The van der Waals surface area contributed by atoms with Gasteiger partial charge in [-0.2, -0.15) is 5.10 Å². The third-order valence-electron chi connectivity index (χ3n) is 4.64. The van der Waals surface area contributed by atoms with Crippen LogP contribution in [0.3, 0.4) is 0 Å². The average molecular weight is 328 g/mol. The number of aromatic nitrogens is 3. The average Bonchev–Trinajstić information content (AvgIpc) is 3.35. The third kappa shape index (κ3) is 3.82. The number of amides is 1. The van der Waals surface area contributed by atoms with Gasteiger partial charge in [0, 0.05) is 23.6 Å². The van der Waals surface area contributed by atoms with E-state index in [2.05, 4.69) is 20.5 Å². The topological polar surface area (TPSA) is 90.9 Å². The summed E-state index contributed by atoms with van der Waals surface area (Å²) in [5, 5.41) is 19.9. The first-order valence-electron chi connectivity index (χ1n) is 8.57. The van der Waals surface area contributed by atoms with Gasteiger partial charge in [0.15, 0.2) is 5.82 Å². The third-order valence-corrected chi connectivity index (χ3v) is 4.64. The maximum absolute atomic E-state index is 12.1. The van der Waals surface area contributed by atoms with Crippen molar-refractivity contribution in [2.75, 3.05) is 6.54 Å². The number of rotatable bonds is 7. The first kappa shape index (κ1) is 16.6. The molecule has 24 heavy (non-hydrogen) atoms. The molecule has 1 amide bonds. The lowest BCUT2D eigenvalue weighted by Gasteiger charge is -2.17. The number of aliphatic hydroxyl groups excluding tert-OH is 1. The molecule has 2 unspecified atom stereocenters. The van der Waals surface area contributed by atoms with E-state index in [0.717, 1.165) is 17.8 Å². The van der Waals surface area contributed by atoms with Gasteiger partial charge in [0.25, 0.3) is 5.91 Å². The van der Waals surface area contributed by atoms with Crippen LogP contribution in [0.2, 0.25) is 0 Å². The Morgan fingerprint density at radius 3 is 2.71 bits per heavy atom. The second kappa shape index (κ2) is 7.13. The van der Waals surface area contributed by atoms with Gasteiger partial charge in [-0.1, -0.05) is 32.4 Å². The summed E-state index contributed by atoms with van der Waals surface area (Å²) in [5.74, 6) is 2.13. The summed E-state index contributed by atoms with van der Waals surface area (Å²) in [6, 6.07) is 7.21. The first-order chi connectivity index (χ1) is 11.6. The zero-order valence-corrected chi connectivity index (χ0v) is 14.1. The highest BCUT2D eigenvalue weighted by molar-refractivity contribution is 5.94. The molecule has 3 N–H and O–H groups in total. The minimum absolute atomic E-state index is 0.166. The van der Waals surface area contributed by atoms with Crippen molar-refractivity contribution in [1.29, 1.82) is 0 Å². The van der Waals surface area contributed by atoms with Crippen molar-refractivity contribution in [1.82, 2.24) is 20.5 Å². The fourth-order valence-electron chi connectivity index (χ4n) is 2.49. The molecule has 1 fully saturated rings. The number of carbonyl (C=O) groups is 1. The van der Waals surface area contributed by atoms with E-state index in [9.17, 15) is 9.90 Å². The number of aliphatic hydroxyl groups is 1. The molecular weight excluding hydrogens is 304 g/mol. The van der Waals surface area contributed by atoms with Crippen LogP contribution in [0.25, 0.3) is 11.4 Å². The molecule has 6 heteroatoms. The summed E-state index contributed by atoms with van der Waals surface area (Å²) in [4.78, 5) is 16.7. The molecule has 6 nitrogen and oxygen atoms in total. The number of benzene rings is 1. The van der Waals surface area contributed by atoms with Crippen LogP contribution in [0.4, 0.5) is 0 Å². The number of nitrogens with zero attached hydrogens (tertiary/aromatic N) is 2. The number of hydrogen-bond acceptors (Lipinski definition) is 4. The lowest BCUT2D eigenvalue weighted by molar-refractivity contribution is 0.0850. The van der Waals surface area contributed by atoms with Crippen LogP contribution in [-0.4, -0.2) is 38.8 Å². The van der Waals surface area contributed by atoms with E-state index in [1.54, 1.807) is 12.1 Å². The Morgan fingerprint density at radius 1 is 1.38 bits per heavy atom. The van der Waals surface area contributed by atoms with Gasteiger partial charge in [0.05, 0.1) is 6.10 Å². The standard InChI is InChI=1S/C18H24N4O2/c1-3-11(2)15(23)10-19-18(24)14-8-6-13(7-9-14)17-20-16(21-22-17)12-4-5-12/h6-9,11-12,15,23H,3-5,10H2,1-2H3,(H,19,24)(H,20,21,22). The maximum atomic E-state index is 12.1. The molecule has 128 valence electrons. The van der Waals surface area contributed by atoms with Crippen LogP contribution in [0.5, 0.6) is 0 Å². The molecule has 2 aromatic rings. The minimum Gasteiger partial charge on any atom is -0.391 e. The predicted octanol–water partition coefficient (Wildman–Crippen LogP) is 2.49. The monoisotopic (exact) mass is 328 g/mol. The van der Waals surface area contributed by atoms with Gasteiger partial charge in [0.2, 0.25) is 0 Å². The second-order valence-corrected chi connectivity index (χ2v) is 6.56. The normalized spacial score (nSPS) is 16.6. The summed E-state index contributed by atoms with van der Waals surface area (Å²) in [6.45, 7) is 4.26. The Labute approximate surface area is 141 Å². The van der Waals surface area contributed by atoms with Crippen LogP contribution in [0.15, 0.2) is 24.3 Å². The molecular formula is C18H24N4O2. The molecule has 0 radical (unpaired) electrons. The minimum atomic E-state index is -0.521. The van der Waals surface area contributed by atoms with Crippen molar-refractivity contribution < 1.29 is 9.90 Å². The van der Waals surface area contributed by atoms with Crippen molar-refractivity contribution in [2.45, 2.75) is 45.1 Å². The molecule has 0 aliphatic heterocycles. The highest BCUT2D eigenvalue weighted by Crippen LogP contribution is 2.38. The molecule has 1 aliphatic carbocycles. The summed E-state index contributed by atoms with van der Waals surface area (Å²) < 4.78 is 0. The summed E-state index contributed by atoms with van der Waals surface area (Å²) >= 11 is 0. The Morgan fingerprint density at radius 2 is 2.08 bits per heavy atom. The highest BCUT2D eigenvalue weighted by Gasteiger charge is 2.27. The lowest BCUT2D eigenvalue weighted by atomic mass is 10.0. The molecule has 0 saturated heterocycles. The molecule has 1 heterocycles. The first-order valence-corrected chi connectivity index (χ1v) is 8.57. The van der Waals surface area contributed by atoms with E-state index < -0.39 is 6.10 Å². The SMILES string of the molecule is CCC(C)C(O)CNC(=O)c1ccc(-c2n[nH]c(C3CC3)n2)cc1. The van der Waals surface area contributed by atoms with Gasteiger partial charge in [-0.3, -0.25) is 9.89 Å². The van der Waals surface area contributed by atoms with E-state index in [4.69, 9.17) is 0 Å². The van der Waals surface area contributed by atoms with Gasteiger partial charge in [-0.15, -0.1) is 0 Å². The molecule has 0 spiro atoms. The smallest absolute Gasteiger partial charge is 0.251 e. The highest BCUT2D eigenvalue weighted by atomic mass is 16.3. The second-order valence-electron chi connectivity index (χ2n) is 6.56. The molecule has 1 aliphatic rings. The quantitative estimate of drug-likeness (QED) is 0.728. The van der Waals surface area contributed by atoms with E-state index in [0.29, 0.717) is 17.3 Å². The molecule has 2 atom stereocenters. The maximum Gasteiger partial charge on any atom is 0.251 e. The number of hydrogen-bond donors (Lipinski definition) is 3. The van der Waals surface area contributed by atoms with Gasteiger partial charge >= 0.3 is 0 Å². The van der Waals surface area contributed by atoms with Crippen molar-refractivity contribution in [3.8, 4) is 11.4 Å². The summed E-state index contributed by atoms with van der Waals surface area (Å²) in [6.07, 6.45) is 2.71. The van der Waals surface area contributed by atoms with Gasteiger partial charge in [-0.25, -0.2) is 4.98 Å². The number of aromatic amines is 1. The largest absolute Gasteiger partial charge is 0.391 e. The van der Waals surface area contributed by atoms with Gasteiger partial charge in [-0.05, 0) is 30.9 Å². The molecule has 1 aromatic carbocycles. The fraction of sp³-hybridized carbons (Fsp3) is 0.500. The number of carbonyl (C=O) groups excluding carboxylic acids is 1. The Hall–Kier alpha value is -2.21. The van der Waals surface area contributed by atoms with Crippen LogP contribution >= 0.6 is 0 Å². The molecule has 1 aromatic heterocycles. The number of H-pyrrole nitrogens is 1. The van der Waals surface area contributed by atoms with Crippen molar-refractivity contribution in [2.24, 2.45) is 5.92 Å². The van der Waals surface area contributed by atoms with Gasteiger partial charge < -0.3 is 10.4 Å². The van der Waals surface area contributed by atoms with Crippen molar-refractivity contribution in [3.05, 3.63) is 35.7 Å². The fourth-order valence-corrected chi connectivity index (χ4v) is 2.49. The Bertz CT molecular complexity index is 691. The van der Waals surface area contributed by atoms with Crippen molar-refractivity contribution >= 4 is 5.91 Å². The summed E-state index contributed by atoms with van der Waals surface area (Å²) in [5.41, 5.74) is 1.45. The summed E-state index contributed by atoms with van der Waals surface area (Å²) in [7, 11) is 0. The molecule has 3 rings (SSSR count). The zero-order chi connectivity index (χ0) is 17.1.